The highest BCUT2D eigenvalue weighted by Gasteiger charge is 2.51. The Labute approximate surface area is 121 Å². The van der Waals surface area contributed by atoms with Gasteiger partial charge in [-0.1, -0.05) is 0 Å². The van der Waals surface area contributed by atoms with Crippen molar-refractivity contribution in [3.05, 3.63) is 33.9 Å². The SMILES string of the molecule is CC1(C)C2CNCC2CN1c1c([N+](=O)[O-])ccc(F)c1F. The van der Waals surface area contributed by atoms with Crippen molar-refractivity contribution in [3.8, 4) is 0 Å². The number of hydrogen-bond acceptors (Lipinski definition) is 4. The number of nitrogens with zero attached hydrogens (tertiary/aromatic N) is 2. The van der Waals surface area contributed by atoms with Gasteiger partial charge in [-0.05, 0) is 31.7 Å². The van der Waals surface area contributed by atoms with Gasteiger partial charge in [0, 0.05) is 31.2 Å². The van der Waals surface area contributed by atoms with E-state index in [1.165, 1.54) is 0 Å². The lowest BCUT2D eigenvalue weighted by Crippen LogP contribution is -2.45. The van der Waals surface area contributed by atoms with Crippen LogP contribution in [0.1, 0.15) is 13.8 Å². The Morgan fingerprint density at radius 1 is 1.38 bits per heavy atom. The Bertz CT molecular complexity index is 606. The van der Waals surface area contributed by atoms with Gasteiger partial charge in [-0.2, -0.15) is 0 Å². The van der Waals surface area contributed by atoms with Crippen LogP contribution in [0, 0.1) is 33.6 Å². The molecule has 114 valence electrons. The molecule has 1 aromatic carbocycles. The molecule has 0 amide bonds. The van der Waals surface area contributed by atoms with Crippen molar-refractivity contribution in [1.29, 1.82) is 0 Å². The fourth-order valence-electron chi connectivity index (χ4n) is 3.73. The normalized spacial score (nSPS) is 27.0. The third kappa shape index (κ3) is 1.98. The first-order valence-corrected chi connectivity index (χ1v) is 6.94. The first kappa shape index (κ1) is 14.2. The molecule has 7 heteroatoms. The van der Waals surface area contributed by atoms with E-state index < -0.39 is 22.1 Å². The van der Waals surface area contributed by atoms with Gasteiger partial charge in [0.2, 0.25) is 0 Å². The minimum atomic E-state index is -1.13. The number of rotatable bonds is 2. The first-order valence-electron chi connectivity index (χ1n) is 6.94. The molecule has 0 aromatic heterocycles. The molecule has 3 rings (SSSR count). The Hall–Kier alpha value is -1.76. The number of benzene rings is 1. The van der Waals surface area contributed by atoms with E-state index in [-0.39, 0.29) is 17.3 Å². The zero-order chi connectivity index (χ0) is 15.4. The van der Waals surface area contributed by atoms with Crippen molar-refractivity contribution in [3.63, 3.8) is 0 Å². The molecule has 5 nitrogen and oxygen atoms in total. The quantitative estimate of drug-likeness (QED) is 0.672. The van der Waals surface area contributed by atoms with Crippen molar-refractivity contribution in [2.45, 2.75) is 19.4 Å². The summed E-state index contributed by atoms with van der Waals surface area (Å²) in [4.78, 5) is 12.2. The Morgan fingerprint density at radius 3 is 2.71 bits per heavy atom. The molecular weight excluding hydrogens is 280 g/mol. The van der Waals surface area contributed by atoms with Crippen LogP contribution in [0.4, 0.5) is 20.2 Å². The molecule has 0 radical (unpaired) electrons. The van der Waals surface area contributed by atoms with Gasteiger partial charge >= 0.3 is 0 Å². The van der Waals surface area contributed by atoms with Crippen LogP contribution in [-0.2, 0) is 0 Å². The van der Waals surface area contributed by atoms with Crippen molar-refractivity contribution in [1.82, 2.24) is 5.32 Å². The third-order valence-electron chi connectivity index (χ3n) is 4.87. The largest absolute Gasteiger partial charge is 0.358 e. The Kier molecular flexibility index (Phi) is 3.12. The van der Waals surface area contributed by atoms with Crippen LogP contribution in [-0.4, -0.2) is 30.1 Å². The molecule has 2 aliphatic rings. The number of nitrogens with one attached hydrogen (secondary N) is 1. The molecule has 2 unspecified atom stereocenters. The summed E-state index contributed by atoms with van der Waals surface area (Å²) in [7, 11) is 0. The summed E-state index contributed by atoms with van der Waals surface area (Å²) in [6, 6.07) is 1.85. The molecule has 0 bridgehead atoms. The third-order valence-corrected chi connectivity index (χ3v) is 4.87. The Balaban J connectivity index is 2.12. The van der Waals surface area contributed by atoms with Crippen LogP contribution in [0.15, 0.2) is 12.1 Å². The summed E-state index contributed by atoms with van der Waals surface area (Å²) in [5.74, 6) is -1.63. The van der Waals surface area contributed by atoms with Crippen molar-refractivity contribution in [2.24, 2.45) is 11.8 Å². The predicted octanol–water partition coefficient (Wildman–Crippen LogP) is 2.31. The van der Waals surface area contributed by atoms with Gasteiger partial charge in [0.1, 0.15) is 0 Å². The van der Waals surface area contributed by atoms with E-state index >= 15 is 0 Å². The fraction of sp³-hybridized carbons (Fsp3) is 0.571. The smallest absolute Gasteiger partial charge is 0.295 e. The monoisotopic (exact) mass is 297 g/mol. The molecule has 1 aromatic rings. The topological polar surface area (TPSA) is 58.4 Å². The lowest BCUT2D eigenvalue weighted by molar-refractivity contribution is -0.384. The molecule has 2 atom stereocenters. The van der Waals surface area contributed by atoms with Gasteiger partial charge in [-0.3, -0.25) is 10.1 Å². The zero-order valence-electron chi connectivity index (χ0n) is 11.9. The number of anilines is 1. The lowest BCUT2D eigenvalue weighted by Gasteiger charge is -2.37. The first-order chi connectivity index (χ1) is 9.84. The molecular formula is C14H17F2N3O2. The second kappa shape index (κ2) is 4.62. The molecule has 0 aliphatic carbocycles. The molecule has 0 saturated carbocycles. The van der Waals surface area contributed by atoms with E-state index in [9.17, 15) is 18.9 Å². The van der Waals surface area contributed by atoms with Crippen LogP contribution in [0.3, 0.4) is 0 Å². The maximum atomic E-state index is 14.3. The summed E-state index contributed by atoms with van der Waals surface area (Å²) >= 11 is 0. The number of nitro groups is 1. The van der Waals surface area contributed by atoms with E-state index in [4.69, 9.17) is 0 Å². The van der Waals surface area contributed by atoms with E-state index in [0.717, 1.165) is 25.2 Å². The highest BCUT2D eigenvalue weighted by Crippen LogP contribution is 2.46. The highest BCUT2D eigenvalue weighted by molar-refractivity contribution is 5.66. The second-order valence-electron chi connectivity index (χ2n) is 6.28. The standard InChI is InChI=1S/C14H17F2N3O2/c1-14(2)9-6-17-5-8(9)7-18(14)13-11(19(20)21)4-3-10(15)12(13)16/h3-4,8-9,17H,5-7H2,1-2H3. The molecule has 2 fully saturated rings. The number of hydrogen-bond donors (Lipinski definition) is 1. The minimum Gasteiger partial charge on any atom is -0.358 e. The highest BCUT2D eigenvalue weighted by atomic mass is 19.2. The molecule has 2 aliphatic heterocycles. The van der Waals surface area contributed by atoms with Gasteiger partial charge in [-0.15, -0.1) is 0 Å². The van der Waals surface area contributed by atoms with Crippen LogP contribution in [0.2, 0.25) is 0 Å². The average Bonchev–Trinajstić information content (AvgIpc) is 2.95. The predicted molar refractivity (Wildman–Crippen MR) is 74.3 cm³/mol. The van der Waals surface area contributed by atoms with E-state index in [0.29, 0.717) is 12.5 Å². The molecule has 2 heterocycles. The molecule has 2 saturated heterocycles. The maximum Gasteiger partial charge on any atom is 0.295 e. The second-order valence-corrected chi connectivity index (χ2v) is 6.28. The van der Waals surface area contributed by atoms with E-state index in [1.54, 1.807) is 4.90 Å². The lowest BCUT2D eigenvalue weighted by atomic mass is 9.84. The summed E-state index contributed by atoms with van der Waals surface area (Å²) in [5, 5.41) is 14.5. The average molecular weight is 297 g/mol. The number of fused-ring (bicyclic) bond motifs is 1. The molecule has 1 N–H and O–H groups in total. The van der Waals surface area contributed by atoms with Crippen molar-refractivity contribution in [2.75, 3.05) is 24.5 Å². The van der Waals surface area contributed by atoms with Crippen molar-refractivity contribution >= 4 is 11.4 Å². The zero-order valence-corrected chi connectivity index (χ0v) is 11.9. The summed E-state index contributed by atoms with van der Waals surface area (Å²) in [6.07, 6.45) is 0. The van der Waals surface area contributed by atoms with Crippen LogP contribution >= 0.6 is 0 Å². The van der Waals surface area contributed by atoms with Crippen molar-refractivity contribution < 1.29 is 13.7 Å². The van der Waals surface area contributed by atoms with Gasteiger partial charge in [0.05, 0.1) is 4.92 Å². The molecule has 21 heavy (non-hydrogen) atoms. The summed E-state index contributed by atoms with van der Waals surface area (Å²) < 4.78 is 27.8. The number of nitro benzene ring substituents is 1. The van der Waals surface area contributed by atoms with E-state index in [1.807, 2.05) is 13.8 Å². The van der Waals surface area contributed by atoms with E-state index in [2.05, 4.69) is 5.32 Å². The molecule has 0 spiro atoms. The fourth-order valence-corrected chi connectivity index (χ4v) is 3.73. The van der Waals surface area contributed by atoms with Crippen LogP contribution in [0.25, 0.3) is 0 Å². The minimum absolute atomic E-state index is 0.223. The Morgan fingerprint density at radius 2 is 2.10 bits per heavy atom. The van der Waals surface area contributed by atoms with Crippen LogP contribution < -0.4 is 10.2 Å². The maximum absolute atomic E-state index is 14.3. The van der Waals surface area contributed by atoms with Gasteiger partial charge in [0.15, 0.2) is 17.3 Å². The summed E-state index contributed by atoms with van der Waals surface area (Å²) in [6.45, 7) is 5.94. The van der Waals surface area contributed by atoms with Gasteiger partial charge < -0.3 is 10.2 Å². The number of halogens is 2. The van der Waals surface area contributed by atoms with Gasteiger partial charge in [0.25, 0.3) is 5.69 Å². The van der Waals surface area contributed by atoms with Crippen LogP contribution in [0.5, 0.6) is 0 Å². The van der Waals surface area contributed by atoms with Gasteiger partial charge in [-0.25, -0.2) is 8.78 Å². The summed E-state index contributed by atoms with van der Waals surface area (Å²) in [5.41, 5.74) is -1.07.